The van der Waals surface area contributed by atoms with Crippen LogP contribution in [0.4, 0.5) is 0 Å². The number of ketones is 1. The number of hydrogen-bond donors (Lipinski definition) is 0. The zero-order valence-electron chi connectivity index (χ0n) is 18.7. The molecule has 2 nitrogen and oxygen atoms in total. The van der Waals surface area contributed by atoms with E-state index >= 15 is 0 Å². The summed E-state index contributed by atoms with van der Waals surface area (Å²) >= 11 is 0. The second-order valence-electron chi connectivity index (χ2n) is 8.58. The monoisotopic (exact) mass is 422 g/mol. The summed E-state index contributed by atoms with van der Waals surface area (Å²) in [5.41, 5.74) is 1.80. The lowest BCUT2D eigenvalue weighted by Gasteiger charge is -2.41. The van der Waals surface area contributed by atoms with Crippen LogP contribution in [0, 0.1) is 17.3 Å². The van der Waals surface area contributed by atoms with Crippen LogP contribution in [0.5, 0.6) is 0 Å². The Bertz CT molecular complexity index is 981. The molecule has 0 spiro atoms. The van der Waals surface area contributed by atoms with Gasteiger partial charge in [-0.3, -0.25) is 4.79 Å². The third-order valence-corrected chi connectivity index (χ3v) is 6.61. The fraction of sp³-hybridized carbons (Fsp3) is 0.300. The Balaban J connectivity index is 1.85. The maximum absolute atomic E-state index is 13.2. The second-order valence-corrected chi connectivity index (χ2v) is 8.58. The molecule has 0 N–H and O–H groups in total. The van der Waals surface area contributed by atoms with E-state index in [1.807, 2.05) is 61.5 Å². The molecule has 0 radical (unpaired) electrons. The van der Waals surface area contributed by atoms with Crippen molar-refractivity contribution in [3.05, 3.63) is 108 Å². The van der Waals surface area contributed by atoms with Gasteiger partial charge in [0, 0.05) is 12.8 Å². The van der Waals surface area contributed by atoms with E-state index in [4.69, 9.17) is 4.74 Å². The molecule has 1 unspecified atom stereocenters. The molecule has 2 heteroatoms. The predicted octanol–water partition coefficient (Wildman–Crippen LogP) is 6.54. The van der Waals surface area contributed by atoms with Gasteiger partial charge >= 0.3 is 0 Å². The highest BCUT2D eigenvalue weighted by atomic mass is 16.5. The average molecular weight is 423 g/mol. The third kappa shape index (κ3) is 4.27. The molecular formula is C30H30O2. The van der Waals surface area contributed by atoms with Crippen LogP contribution in [-0.4, -0.2) is 12.4 Å². The third-order valence-electron chi connectivity index (χ3n) is 6.61. The fourth-order valence-electron chi connectivity index (χ4n) is 4.82. The van der Waals surface area contributed by atoms with Gasteiger partial charge in [-0.2, -0.15) is 0 Å². The Morgan fingerprint density at radius 1 is 0.812 bits per heavy atom. The summed E-state index contributed by atoms with van der Waals surface area (Å²) in [4.78, 5) is 13.2. The van der Waals surface area contributed by atoms with Crippen LogP contribution in [0.25, 0.3) is 0 Å². The standard InChI is InChI=1S/C30H30O2/c1-2-3-22-29(23-14-13-21-28(29)31)24-32-30(25-15-7-4-8-16-25,26-17-9-5-10-18-26)27-19-11-6-12-20-27/h4-12,15-20H,13-14,21-24H2,1H3. The first-order valence-corrected chi connectivity index (χ1v) is 11.4. The average Bonchev–Trinajstić information content (AvgIpc) is 2.87. The minimum absolute atomic E-state index is 0.287. The molecule has 162 valence electrons. The van der Waals surface area contributed by atoms with E-state index in [2.05, 4.69) is 48.2 Å². The van der Waals surface area contributed by atoms with Crippen molar-refractivity contribution in [2.24, 2.45) is 5.41 Å². The second kappa shape index (κ2) is 9.98. The van der Waals surface area contributed by atoms with Gasteiger partial charge in [-0.1, -0.05) is 97.4 Å². The Morgan fingerprint density at radius 3 is 1.75 bits per heavy atom. The number of hydrogen-bond acceptors (Lipinski definition) is 2. The molecule has 1 saturated carbocycles. The van der Waals surface area contributed by atoms with Crippen LogP contribution in [0.1, 0.15) is 55.7 Å². The molecule has 0 aliphatic heterocycles. The Kier molecular flexibility index (Phi) is 6.88. The Labute approximate surface area is 191 Å². The molecule has 0 saturated heterocycles. The number of benzene rings is 3. The molecule has 32 heavy (non-hydrogen) atoms. The predicted molar refractivity (Wildman–Crippen MR) is 129 cm³/mol. The van der Waals surface area contributed by atoms with Gasteiger partial charge in [0.1, 0.15) is 11.4 Å². The van der Waals surface area contributed by atoms with E-state index in [0.717, 1.165) is 36.0 Å². The maximum atomic E-state index is 13.2. The van der Waals surface area contributed by atoms with E-state index in [1.165, 1.54) is 0 Å². The molecule has 0 bridgehead atoms. The molecule has 0 amide bonds. The normalized spacial score (nSPS) is 18.6. The molecule has 4 rings (SSSR count). The van der Waals surface area contributed by atoms with Crippen LogP contribution in [0.15, 0.2) is 91.0 Å². The SMILES string of the molecule is CC#CCC1(COC(c2ccccc2)(c2ccccc2)c2ccccc2)CCCCC1=O. The Morgan fingerprint density at radius 2 is 1.31 bits per heavy atom. The lowest BCUT2D eigenvalue weighted by molar-refractivity contribution is -0.139. The smallest absolute Gasteiger partial charge is 0.143 e. The first-order chi connectivity index (χ1) is 15.7. The summed E-state index contributed by atoms with van der Waals surface area (Å²) < 4.78 is 7.01. The van der Waals surface area contributed by atoms with Crippen molar-refractivity contribution in [2.45, 2.75) is 44.6 Å². The number of carbonyl (C=O) groups excluding carboxylic acids is 1. The van der Waals surface area contributed by atoms with Crippen LogP contribution in [0.3, 0.4) is 0 Å². The molecule has 1 atom stereocenters. The lowest BCUT2D eigenvalue weighted by atomic mass is 9.71. The van der Waals surface area contributed by atoms with Crippen molar-refractivity contribution >= 4 is 5.78 Å². The first kappa shape index (κ1) is 22.1. The molecular weight excluding hydrogens is 392 g/mol. The summed E-state index contributed by atoms with van der Waals surface area (Å²) in [5, 5.41) is 0. The van der Waals surface area contributed by atoms with Gasteiger partial charge in [0.05, 0.1) is 12.0 Å². The van der Waals surface area contributed by atoms with Crippen molar-refractivity contribution in [1.82, 2.24) is 0 Å². The van der Waals surface area contributed by atoms with Crippen molar-refractivity contribution in [2.75, 3.05) is 6.61 Å². The van der Waals surface area contributed by atoms with E-state index in [9.17, 15) is 4.79 Å². The quantitative estimate of drug-likeness (QED) is 0.319. The molecule has 0 aromatic heterocycles. The first-order valence-electron chi connectivity index (χ1n) is 11.4. The van der Waals surface area contributed by atoms with Crippen LogP contribution >= 0.6 is 0 Å². The molecule has 1 aliphatic rings. The van der Waals surface area contributed by atoms with Crippen molar-refractivity contribution in [3.8, 4) is 11.8 Å². The van der Waals surface area contributed by atoms with Gasteiger partial charge < -0.3 is 4.74 Å². The summed E-state index contributed by atoms with van der Waals surface area (Å²) in [6.07, 6.45) is 3.99. The topological polar surface area (TPSA) is 26.3 Å². The van der Waals surface area contributed by atoms with E-state index < -0.39 is 11.0 Å². The molecule has 0 heterocycles. The minimum Gasteiger partial charge on any atom is -0.360 e. The summed E-state index contributed by atoms with van der Waals surface area (Å²) in [7, 11) is 0. The van der Waals surface area contributed by atoms with Gasteiger partial charge in [-0.15, -0.1) is 11.8 Å². The zero-order chi connectivity index (χ0) is 22.3. The lowest BCUT2D eigenvalue weighted by Crippen LogP contribution is -2.43. The molecule has 3 aromatic carbocycles. The van der Waals surface area contributed by atoms with Gasteiger partial charge in [0.25, 0.3) is 0 Å². The fourth-order valence-corrected chi connectivity index (χ4v) is 4.82. The summed E-state index contributed by atoms with van der Waals surface area (Å²) in [5.74, 6) is 6.48. The largest absolute Gasteiger partial charge is 0.360 e. The molecule has 1 fully saturated rings. The van der Waals surface area contributed by atoms with Gasteiger partial charge in [0.15, 0.2) is 0 Å². The molecule has 1 aliphatic carbocycles. The maximum Gasteiger partial charge on any atom is 0.143 e. The number of rotatable bonds is 7. The highest BCUT2D eigenvalue weighted by Gasteiger charge is 2.44. The van der Waals surface area contributed by atoms with Crippen molar-refractivity contribution < 1.29 is 9.53 Å². The summed E-state index contributed by atoms with van der Waals surface area (Å²) in [6, 6.07) is 31.0. The number of ether oxygens (including phenoxy) is 1. The molecule has 3 aromatic rings. The highest BCUT2D eigenvalue weighted by molar-refractivity contribution is 5.86. The zero-order valence-corrected chi connectivity index (χ0v) is 18.7. The van der Waals surface area contributed by atoms with E-state index in [1.54, 1.807) is 0 Å². The van der Waals surface area contributed by atoms with Crippen LogP contribution < -0.4 is 0 Å². The van der Waals surface area contributed by atoms with E-state index in [-0.39, 0.29) is 5.78 Å². The Hall–Kier alpha value is -3.15. The van der Waals surface area contributed by atoms with Gasteiger partial charge in [-0.05, 0) is 36.5 Å². The van der Waals surface area contributed by atoms with Crippen LogP contribution in [0.2, 0.25) is 0 Å². The van der Waals surface area contributed by atoms with Crippen molar-refractivity contribution in [1.29, 1.82) is 0 Å². The van der Waals surface area contributed by atoms with Crippen LogP contribution in [-0.2, 0) is 15.1 Å². The van der Waals surface area contributed by atoms with Gasteiger partial charge in [-0.25, -0.2) is 0 Å². The minimum atomic E-state index is -0.811. The van der Waals surface area contributed by atoms with E-state index in [0.29, 0.717) is 19.4 Å². The van der Waals surface area contributed by atoms with Crippen molar-refractivity contribution in [3.63, 3.8) is 0 Å². The summed E-state index contributed by atoms with van der Waals surface area (Å²) in [6.45, 7) is 2.18. The number of Topliss-reactive ketones (excluding diaryl/α,β-unsaturated/α-hetero) is 1. The number of carbonyl (C=O) groups is 1. The van der Waals surface area contributed by atoms with Gasteiger partial charge in [0.2, 0.25) is 0 Å². The highest BCUT2D eigenvalue weighted by Crippen LogP contribution is 2.44.